The van der Waals surface area contributed by atoms with E-state index in [2.05, 4.69) is 64.7 Å². The minimum atomic E-state index is 0.0527. The highest BCUT2D eigenvalue weighted by Crippen LogP contribution is 2.19. The van der Waals surface area contributed by atoms with E-state index in [9.17, 15) is 4.79 Å². The maximum absolute atomic E-state index is 12.2. The summed E-state index contributed by atoms with van der Waals surface area (Å²) in [6, 6.07) is 11.2. The van der Waals surface area contributed by atoms with Gasteiger partial charge >= 0.3 is 0 Å². The predicted molar refractivity (Wildman–Crippen MR) is 116 cm³/mol. The molecule has 1 fully saturated rings. The summed E-state index contributed by atoms with van der Waals surface area (Å²) in [5.74, 6) is 1.09. The number of amides is 1. The van der Waals surface area contributed by atoms with Gasteiger partial charge in [-0.3, -0.25) is 14.7 Å². The van der Waals surface area contributed by atoms with Gasteiger partial charge in [-0.05, 0) is 25.1 Å². The zero-order valence-corrected chi connectivity index (χ0v) is 18.1. The summed E-state index contributed by atoms with van der Waals surface area (Å²) >= 11 is 0. The van der Waals surface area contributed by atoms with Gasteiger partial charge in [-0.1, -0.05) is 58.0 Å². The van der Waals surface area contributed by atoms with Crippen molar-refractivity contribution in [1.82, 2.24) is 20.4 Å². The molecule has 6 nitrogen and oxygen atoms in total. The fourth-order valence-electron chi connectivity index (χ4n) is 3.82. The second-order valence-electron chi connectivity index (χ2n) is 7.67. The Kier molecular flexibility index (Phi) is 8.77. The number of carbonyl (C=O) groups excluding carboxylic acids is 1. The van der Waals surface area contributed by atoms with Crippen LogP contribution < -0.4 is 10.6 Å². The number of hydrogen-bond donors (Lipinski definition) is 2. The summed E-state index contributed by atoms with van der Waals surface area (Å²) in [5, 5.41) is 7.00. The summed E-state index contributed by atoms with van der Waals surface area (Å²) in [7, 11) is 1.80. The maximum atomic E-state index is 12.2. The van der Waals surface area contributed by atoms with Gasteiger partial charge in [0.25, 0.3) is 0 Å². The van der Waals surface area contributed by atoms with Crippen molar-refractivity contribution in [3.05, 3.63) is 35.9 Å². The quantitative estimate of drug-likeness (QED) is 0.531. The third-order valence-corrected chi connectivity index (χ3v) is 5.46. The number of carbonyl (C=O) groups is 1. The molecular weight excluding hydrogens is 350 g/mol. The van der Waals surface area contributed by atoms with Crippen molar-refractivity contribution in [3.8, 4) is 0 Å². The normalized spacial score (nSPS) is 18.6. The van der Waals surface area contributed by atoms with Gasteiger partial charge in [-0.25, -0.2) is 0 Å². The Morgan fingerprint density at radius 3 is 2.50 bits per heavy atom. The van der Waals surface area contributed by atoms with Crippen LogP contribution in [0, 0.1) is 5.92 Å². The molecule has 2 atom stereocenters. The van der Waals surface area contributed by atoms with Gasteiger partial charge in [-0.15, -0.1) is 0 Å². The lowest BCUT2D eigenvalue weighted by Crippen LogP contribution is -2.47. The molecule has 1 aromatic rings. The third kappa shape index (κ3) is 5.96. The first-order valence-electron chi connectivity index (χ1n) is 10.5. The van der Waals surface area contributed by atoms with Crippen molar-refractivity contribution in [1.29, 1.82) is 0 Å². The topological polar surface area (TPSA) is 60.0 Å². The first kappa shape index (κ1) is 22.2. The molecule has 0 radical (unpaired) electrons. The van der Waals surface area contributed by atoms with E-state index < -0.39 is 0 Å². The highest BCUT2D eigenvalue weighted by atomic mass is 16.2. The molecule has 1 amide bonds. The maximum Gasteiger partial charge on any atom is 0.225 e. The van der Waals surface area contributed by atoms with Crippen molar-refractivity contribution in [2.75, 3.05) is 39.8 Å². The van der Waals surface area contributed by atoms with Crippen LogP contribution in [-0.4, -0.2) is 67.5 Å². The minimum absolute atomic E-state index is 0.0527. The summed E-state index contributed by atoms with van der Waals surface area (Å²) in [6.07, 6.45) is 0.956. The van der Waals surface area contributed by atoms with Crippen LogP contribution in [0.2, 0.25) is 0 Å². The predicted octanol–water partition coefficient (Wildman–Crippen LogP) is 2.49. The molecule has 0 saturated carbocycles. The molecule has 0 spiro atoms. The smallest absolute Gasteiger partial charge is 0.225 e. The third-order valence-electron chi connectivity index (χ3n) is 5.46. The van der Waals surface area contributed by atoms with Crippen LogP contribution in [0.15, 0.2) is 35.3 Å². The number of likely N-dealkylation sites (tertiary alicyclic amines) is 1. The molecule has 2 unspecified atom stereocenters. The highest BCUT2D eigenvalue weighted by molar-refractivity contribution is 5.81. The van der Waals surface area contributed by atoms with Gasteiger partial charge < -0.3 is 15.5 Å². The molecule has 2 N–H and O–H groups in total. The van der Waals surface area contributed by atoms with E-state index in [1.165, 1.54) is 5.56 Å². The first-order valence-corrected chi connectivity index (χ1v) is 10.5. The van der Waals surface area contributed by atoms with E-state index in [4.69, 9.17) is 0 Å². The Hall–Kier alpha value is -2.08. The Morgan fingerprint density at radius 1 is 1.25 bits per heavy atom. The van der Waals surface area contributed by atoms with E-state index in [1.807, 2.05) is 18.7 Å². The van der Waals surface area contributed by atoms with Gasteiger partial charge in [0.05, 0.1) is 6.04 Å². The lowest BCUT2D eigenvalue weighted by Gasteiger charge is -2.31. The Bertz CT molecular complexity index is 627. The molecule has 1 aromatic carbocycles. The van der Waals surface area contributed by atoms with Gasteiger partial charge in [0.2, 0.25) is 5.91 Å². The number of hydrogen-bond acceptors (Lipinski definition) is 3. The molecule has 1 saturated heterocycles. The summed E-state index contributed by atoms with van der Waals surface area (Å²) in [5.41, 5.74) is 1.31. The molecule has 1 heterocycles. The van der Waals surface area contributed by atoms with Crippen LogP contribution in [0.1, 0.15) is 45.7 Å². The average molecular weight is 388 g/mol. The molecular formula is C22H37N5O. The molecule has 156 valence electrons. The fourth-order valence-corrected chi connectivity index (χ4v) is 3.82. The van der Waals surface area contributed by atoms with Gasteiger partial charge in [-0.2, -0.15) is 0 Å². The van der Waals surface area contributed by atoms with Crippen LogP contribution in [0.4, 0.5) is 0 Å². The lowest BCUT2D eigenvalue weighted by molar-refractivity contribution is -0.133. The van der Waals surface area contributed by atoms with E-state index in [-0.39, 0.29) is 23.9 Å². The molecule has 1 aliphatic rings. The zero-order chi connectivity index (χ0) is 20.5. The minimum Gasteiger partial charge on any atom is -0.354 e. The van der Waals surface area contributed by atoms with Crippen LogP contribution in [0.5, 0.6) is 0 Å². The van der Waals surface area contributed by atoms with Gasteiger partial charge in [0.15, 0.2) is 5.96 Å². The standard InChI is InChI=1S/C22H37N5O/c1-6-26(7-2)20(18-11-9-8-10-12-18)15-24-22(23-5)25-19-13-14-27(16-19)21(28)17(3)4/h8-12,17,19-20H,6-7,13-16H2,1-5H3,(H2,23,24,25). The number of aliphatic imine (C=N–C) groups is 1. The second-order valence-corrected chi connectivity index (χ2v) is 7.67. The van der Waals surface area contributed by atoms with E-state index >= 15 is 0 Å². The lowest BCUT2D eigenvalue weighted by atomic mass is 10.1. The summed E-state index contributed by atoms with van der Waals surface area (Å²) in [6.45, 7) is 12.7. The van der Waals surface area contributed by atoms with Crippen molar-refractivity contribution in [3.63, 3.8) is 0 Å². The van der Waals surface area contributed by atoms with Crippen LogP contribution in [0.25, 0.3) is 0 Å². The molecule has 1 aliphatic heterocycles. The first-order chi connectivity index (χ1) is 13.5. The number of guanidine groups is 1. The number of nitrogens with zero attached hydrogens (tertiary/aromatic N) is 3. The van der Waals surface area contributed by atoms with Crippen molar-refractivity contribution in [2.24, 2.45) is 10.9 Å². The largest absolute Gasteiger partial charge is 0.354 e. The molecule has 0 aliphatic carbocycles. The monoisotopic (exact) mass is 387 g/mol. The number of nitrogens with one attached hydrogen (secondary N) is 2. The Labute approximate surface area is 170 Å². The molecule has 6 heteroatoms. The summed E-state index contributed by atoms with van der Waals surface area (Å²) in [4.78, 5) is 21.0. The van der Waals surface area contributed by atoms with E-state index in [0.717, 1.165) is 45.1 Å². The van der Waals surface area contributed by atoms with Gasteiger partial charge in [0, 0.05) is 38.6 Å². The summed E-state index contributed by atoms with van der Waals surface area (Å²) < 4.78 is 0. The van der Waals surface area contributed by atoms with E-state index in [0.29, 0.717) is 0 Å². The van der Waals surface area contributed by atoms with Crippen LogP contribution in [0.3, 0.4) is 0 Å². The Balaban J connectivity index is 1.95. The SMILES string of the molecule is CCN(CC)C(CNC(=NC)NC1CCN(C(=O)C(C)C)C1)c1ccccc1. The molecule has 28 heavy (non-hydrogen) atoms. The second kappa shape index (κ2) is 11.1. The zero-order valence-electron chi connectivity index (χ0n) is 18.1. The molecule has 0 aromatic heterocycles. The van der Waals surface area contributed by atoms with Crippen molar-refractivity contribution >= 4 is 11.9 Å². The van der Waals surface area contributed by atoms with Crippen LogP contribution in [-0.2, 0) is 4.79 Å². The molecule has 2 rings (SSSR count). The average Bonchev–Trinajstić information content (AvgIpc) is 3.18. The number of likely N-dealkylation sites (N-methyl/N-ethyl adjacent to an activating group) is 1. The van der Waals surface area contributed by atoms with Gasteiger partial charge in [0.1, 0.15) is 0 Å². The fraction of sp³-hybridized carbons (Fsp3) is 0.636. The van der Waals surface area contributed by atoms with Crippen molar-refractivity contribution in [2.45, 2.75) is 46.2 Å². The Morgan fingerprint density at radius 2 is 1.93 bits per heavy atom. The highest BCUT2D eigenvalue weighted by Gasteiger charge is 2.28. The van der Waals surface area contributed by atoms with E-state index in [1.54, 1.807) is 7.05 Å². The van der Waals surface area contributed by atoms with Crippen LogP contribution >= 0.6 is 0 Å². The number of benzene rings is 1. The number of rotatable bonds is 8. The van der Waals surface area contributed by atoms with Crippen molar-refractivity contribution < 1.29 is 4.79 Å². The molecule has 0 bridgehead atoms.